The van der Waals surface area contributed by atoms with Crippen LogP contribution in [0.1, 0.15) is 73.7 Å². The van der Waals surface area contributed by atoms with Gasteiger partial charge in [-0.2, -0.15) is 10.1 Å². The van der Waals surface area contributed by atoms with Crippen molar-refractivity contribution in [1.29, 1.82) is 0 Å². The number of anilines is 1. The van der Waals surface area contributed by atoms with Crippen LogP contribution in [0.25, 0.3) is 5.57 Å². The second-order valence-electron chi connectivity index (χ2n) is 10.8. The summed E-state index contributed by atoms with van der Waals surface area (Å²) in [6.07, 6.45) is 4.87. The van der Waals surface area contributed by atoms with E-state index in [0.717, 1.165) is 12.8 Å². The molecule has 0 radical (unpaired) electrons. The third kappa shape index (κ3) is 6.59. The molecule has 0 saturated carbocycles. The molecule has 1 aliphatic rings. The number of likely N-dealkylation sites (tertiary alicyclic amines) is 1. The van der Waals surface area contributed by atoms with Crippen LogP contribution in [0.5, 0.6) is 0 Å². The third-order valence-corrected chi connectivity index (χ3v) is 6.79. The van der Waals surface area contributed by atoms with Crippen molar-refractivity contribution < 1.29 is 18.5 Å². The van der Waals surface area contributed by atoms with Gasteiger partial charge in [-0.1, -0.05) is 50.7 Å². The zero-order valence-corrected chi connectivity index (χ0v) is 23.8. The average Bonchev–Trinajstić information content (AvgIpc) is 3.61. The lowest BCUT2D eigenvalue weighted by molar-refractivity contribution is -0.127. The highest BCUT2D eigenvalue weighted by molar-refractivity contribution is 5.91. The van der Waals surface area contributed by atoms with Gasteiger partial charge in [0.1, 0.15) is 11.6 Å². The maximum atomic E-state index is 15.3. The van der Waals surface area contributed by atoms with Gasteiger partial charge in [0.25, 0.3) is 11.7 Å². The zero-order valence-electron chi connectivity index (χ0n) is 23.8. The molecule has 1 aliphatic heterocycles. The Morgan fingerprint density at radius 2 is 2.12 bits per heavy atom. The van der Waals surface area contributed by atoms with Crippen molar-refractivity contribution in [3.63, 3.8) is 0 Å². The quantitative estimate of drug-likeness (QED) is 0.257. The van der Waals surface area contributed by atoms with E-state index >= 15 is 4.39 Å². The Balaban J connectivity index is 1.51. The summed E-state index contributed by atoms with van der Waals surface area (Å²) in [5, 5.41) is 17.1. The fraction of sp³-hybridized carbons (Fsp3) is 0.379. The average molecular weight is 563 g/mol. The van der Waals surface area contributed by atoms with Gasteiger partial charge in [0.2, 0.25) is 11.8 Å². The fourth-order valence-electron chi connectivity index (χ4n) is 4.62. The smallest absolute Gasteiger partial charge is 0.292 e. The van der Waals surface area contributed by atoms with Crippen molar-refractivity contribution in [3.05, 3.63) is 71.2 Å². The minimum absolute atomic E-state index is 0.0240. The molecule has 3 N–H and O–H groups in total. The Morgan fingerprint density at radius 3 is 2.76 bits per heavy atom. The molecule has 0 aliphatic carbocycles. The number of carbonyl (C=O) groups is 2. The maximum Gasteiger partial charge on any atom is 0.292 e. The Kier molecular flexibility index (Phi) is 8.80. The van der Waals surface area contributed by atoms with Gasteiger partial charge in [-0.25, -0.2) is 9.38 Å². The standard InChI is InChI=1S/C29H35FN8O3/c1-7-20(23-24(31-6)35-36-25(23)33-19-10-9-13-38(16-19)22(39)8-2)17-11-12-18(21(30)14-17)15-32-27(40)26-34-28(41-37-26)29(3,4)5/h7-8,11-12,14,19H,2,6,9-10,13,15-16H2,1,3-5H3,(H,32,40)(H2,33,35,36)/b20-7-/t19-/m1/s1. The third-order valence-electron chi connectivity index (χ3n) is 6.79. The molecule has 4 rings (SSSR count). The molecule has 1 fully saturated rings. The van der Waals surface area contributed by atoms with Gasteiger partial charge in [-0.05, 0) is 49.8 Å². The summed E-state index contributed by atoms with van der Waals surface area (Å²) in [4.78, 5) is 34.6. The monoisotopic (exact) mass is 562 g/mol. The number of aromatic amines is 1. The lowest BCUT2D eigenvalue weighted by Gasteiger charge is -2.33. The first kappa shape index (κ1) is 29.4. The fourth-order valence-corrected chi connectivity index (χ4v) is 4.62. The van der Waals surface area contributed by atoms with Crippen molar-refractivity contribution in [2.24, 2.45) is 4.99 Å². The van der Waals surface area contributed by atoms with Gasteiger partial charge in [-0.3, -0.25) is 14.7 Å². The molecule has 11 nitrogen and oxygen atoms in total. The van der Waals surface area contributed by atoms with E-state index in [-0.39, 0.29) is 24.3 Å². The number of nitrogens with one attached hydrogen (secondary N) is 3. The highest BCUT2D eigenvalue weighted by atomic mass is 19.1. The van der Waals surface area contributed by atoms with E-state index in [9.17, 15) is 9.59 Å². The van der Waals surface area contributed by atoms with Gasteiger partial charge in [-0.15, -0.1) is 0 Å². The largest absolute Gasteiger partial charge is 0.365 e. The minimum Gasteiger partial charge on any atom is -0.365 e. The van der Waals surface area contributed by atoms with E-state index in [2.05, 4.69) is 49.3 Å². The van der Waals surface area contributed by atoms with Crippen LogP contribution >= 0.6 is 0 Å². The van der Waals surface area contributed by atoms with Crippen molar-refractivity contribution in [2.75, 3.05) is 18.4 Å². The van der Waals surface area contributed by atoms with Gasteiger partial charge in [0, 0.05) is 36.7 Å². The van der Waals surface area contributed by atoms with Gasteiger partial charge < -0.3 is 20.1 Å². The number of carbonyl (C=O) groups excluding carboxylic acids is 2. The van der Waals surface area contributed by atoms with Crippen LogP contribution in [0.15, 0.2) is 46.4 Å². The number of halogens is 1. The van der Waals surface area contributed by atoms with Crippen LogP contribution in [0.4, 0.5) is 16.0 Å². The van der Waals surface area contributed by atoms with Gasteiger partial charge >= 0.3 is 0 Å². The first-order valence-corrected chi connectivity index (χ1v) is 13.4. The predicted molar refractivity (Wildman–Crippen MR) is 155 cm³/mol. The molecule has 1 aromatic carbocycles. The van der Waals surface area contributed by atoms with E-state index < -0.39 is 17.1 Å². The molecule has 0 bridgehead atoms. The normalized spacial score (nSPS) is 15.9. The maximum absolute atomic E-state index is 15.3. The number of piperidine rings is 1. The lowest BCUT2D eigenvalue weighted by atomic mass is 9.96. The van der Waals surface area contributed by atoms with E-state index in [0.29, 0.717) is 52.9 Å². The molecule has 2 amide bonds. The number of hydrogen-bond donors (Lipinski definition) is 3. The van der Waals surface area contributed by atoms with Gasteiger partial charge in [0.05, 0.1) is 5.56 Å². The zero-order chi connectivity index (χ0) is 29.7. The highest BCUT2D eigenvalue weighted by Gasteiger charge is 2.26. The van der Waals surface area contributed by atoms with Crippen LogP contribution in [0.2, 0.25) is 0 Å². The molecule has 41 heavy (non-hydrogen) atoms. The number of benzene rings is 1. The molecule has 0 unspecified atom stereocenters. The van der Waals surface area contributed by atoms with E-state index in [4.69, 9.17) is 4.52 Å². The summed E-state index contributed by atoms with van der Waals surface area (Å²) in [7, 11) is 0. The molecule has 3 aromatic rings. The molecular formula is C29H35FN8O3. The summed E-state index contributed by atoms with van der Waals surface area (Å²) >= 11 is 0. The molecule has 3 heterocycles. The number of nitrogens with zero attached hydrogens (tertiary/aromatic N) is 5. The van der Waals surface area contributed by atoms with Crippen LogP contribution in [-0.2, 0) is 16.8 Å². The first-order chi connectivity index (χ1) is 19.5. The number of rotatable bonds is 9. The highest BCUT2D eigenvalue weighted by Crippen LogP contribution is 2.36. The second kappa shape index (κ2) is 12.3. The number of hydrogen-bond acceptors (Lipinski definition) is 8. The summed E-state index contributed by atoms with van der Waals surface area (Å²) in [6.45, 7) is 15.9. The number of aromatic nitrogens is 4. The number of amides is 2. The summed E-state index contributed by atoms with van der Waals surface area (Å²) in [5.41, 5.74) is 1.81. The Hall–Kier alpha value is -4.61. The van der Waals surface area contributed by atoms with Crippen molar-refractivity contribution in [2.45, 2.75) is 58.5 Å². The number of H-pyrrole nitrogens is 1. The number of allylic oxidation sites excluding steroid dienone is 1. The summed E-state index contributed by atoms with van der Waals surface area (Å²) < 4.78 is 20.4. The van der Waals surface area contributed by atoms with E-state index in [1.807, 2.05) is 33.8 Å². The molecule has 1 atom stereocenters. The van der Waals surface area contributed by atoms with Crippen molar-refractivity contribution >= 4 is 35.7 Å². The molecule has 0 spiro atoms. The molecule has 216 valence electrons. The summed E-state index contributed by atoms with van der Waals surface area (Å²) in [5.74, 6) is 0.0259. The van der Waals surface area contributed by atoms with Crippen molar-refractivity contribution in [1.82, 2.24) is 30.6 Å². The van der Waals surface area contributed by atoms with Crippen LogP contribution in [0.3, 0.4) is 0 Å². The Morgan fingerprint density at radius 1 is 1.34 bits per heavy atom. The topological polar surface area (TPSA) is 141 Å². The molecule has 1 saturated heterocycles. The molecular weight excluding hydrogens is 527 g/mol. The van der Waals surface area contributed by atoms with Crippen LogP contribution in [0, 0.1) is 5.82 Å². The van der Waals surface area contributed by atoms with E-state index in [1.165, 1.54) is 12.1 Å². The second-order valence-corrected chi connectivity index (χ2v) is 10.8. The van der Waals surface area contributed by atoms with Crippen LogP contribution in [-0.4, -0.2) is 62.9 Å². The Labute approximate surface area is 238 Å². The van der Waals surface area contributed by atoms with E-state index in [1.54, 1.807) is 17.0 Å². The summed E-state index contributed by atoms with van der Waals surface area (Å²) in [6, 6.07) is 4.75. The van der Waals surface area contributed by atoms with Gasteiger partial charge in [0.15, 0.2) is 5.82 Å². The lowest BCUT2D eigenvalue weighted by Crippen LogP contribution is -2.44. The Bertz CT molecular complexity index is 1480. The molecule has 12 heteroatoms. The SMILES string of the molecule is C=CC(=O)N1CCC[C@@H](Nc2[nH]nc(N=C)c2/C(=C\C)c2ccc(CNC(=O)c3noc(C(C)(C)C)n3)c(F)c2)C1. The van der Waals surface area contributed by atoms with Crippen molar-refractivity contribution in [3.8, 4) is 0 Å². The minimum atomic E-state index is -0.561. The molecule has 2 aromatic heterocycles. The first-order valence-electron chi connectivity index (χ1n) is 13.4. The predicted octanol–water partition coefficient (Wildman–Crippen LogP) is 4.53. The van der Waals surface area contributed by atoms with Crippen LogP contribution < -0.4 is 10.6 Å². The number of aliphatic imine (C=N–C) groups is 1.